The van der Waals surface area contributed by atoms with Gasteiger partial charge in [0.05, 0.1) is 4.91 Å². The molecule has 3 amide bonds. The van der Waals surface area contributed by atoms with Gasteiger partial charge in [-0.3, -0.25) is 19.3 Å². The number of benzene rings is 1. The highest BCUT2D eigenvalue weighted by atomic mass is 32.2. The highest BCUT2D eigenvalue weighted by Gasteiger charge is 2.37. The van der Waals surface area contributed by atoms with Gasteiger partial charge < -0.3 is 4.90 Å². The van der Waals surface area contributed by atoms with Crippen molar-refractivity contribution in [2.45, 2.75) is 13.0 Å². The average Bonchev–Trinajstić information content (AvgIpc) is 3.25. The van der Waals surface area contributed by atoms with Crippen LogP contribution in [0.25, 0.3) is 6.08 Å². The SMILES string of the molecule is O=C(CN1C(=O)S/C(=C\c2cccs2)C1=O)N1CCc2ccccc2C1. The van der Waals surface area contributed by atoms with Crippen LogP contribution < -0.4 is 0 Å². The van der Waals surface area contributed by atoms with Gasteiger partial charge in [-0.05, 0) is 46.8 Å². The highest BCUT2D eigenvalue weighted by molar-refractivity contribution is 8.18. The lowest BCUT2D eigenvalue weighted by atomic mass is 10.00. The second-order valence-electron chi connectivity index (χ2n) is 6.12. The molecule has 2 aliphatic heterocycles. The predicted molar refractivity (Wildman–Crippen MR) is 103 cm³/mol. The molecule has 0 aliphatic carbocycles. The van der Waals surface area contributed by atoms with E-state index in [4.69, 9.17) is 0 Å². The van der Waals surface area contributed by atoms with Crippen molar-refractivity contribution in [3.8, 4) is 0 Å². The Labute approximate surface area is 159 Å². The minimum atomic E-state index is -0.390. The molecule has 26 heavy (non-hydrogen) atoms. The van der Waals surface area contributed by atoms with Crippen LogP contribution in [-0.2, 0) is 22.6 Å². The van der Waals surface area contributed by atoms with Crippen LogP contribution in [0.1, 0.15) is 16.0 Å². The third-order valence-corrected chi connectivity index (χ3v) is 6.19. The van der Waals surface area contributed by atoms with Crippen LogP contribution >= 0.6 is 23.1 Å². The number of rotatable bonds is 3. The van der Waals surface area contributed by atoms with E-state index in [0.29, 0.717) is 18.0 Å². The van der Waals surface area contributed by atoms with E-state index in [2.05, 4.69) is 6.07 Å². The molecule has 1 fully saturated rings. The molecule has 7 heteroatoms. The molecule has 0 saturated carbocycles. The molecule has 0 bridgehead atoms. The summed E-state index contributed by atoms with van der Waals surface area (Å²) in [6.07, 6.45) is 2.50. The van der Waals surface area contributed by atoms with E-state index in [1.54, 1.807) is 11.0 Å². The first-order valence-electron chi connectivity index (χ1n) is 8.25. The number of hydrogen-bond donors (Lipinski definition) is 0. The van der Waals surface area contributed by atoms with Crippen molar-refractivity contribution in [3.05, 3.63) is 62.7 Å². The van der Waals surface area contributed by atoms with Crippen molar-refractivity contribution in [1.82, 2.24) is 9.80 Å². The Morgan fingerprint density at radius 2 is 1.92 bits per heavy atom. The molecular weight excluding hydrogens is 368 g/mol. The second-order valence-corrected chi connectivity index (χ2v) is 8.09. The van der Waals surface area contributed by atoms with E-state index in [1.807, 2.05) is 35.7 Å². The minimum Gasteiger partial charge on any atom is -0.336 e. The number of nitrogens with zero attached hydrogens (tertiary/aromatic N) is 2. The van der Waals surface area contributed by atoms with E-state index < -0.39 is 0 Å². The monoisotopic (exact) mass is 384 g/mol. The third kappa shape index (κ3) is 3.32. The van der Waals surface area contributed by atoms with E-state index in [9.17, 15) is 14.4 Å². The largest absolute Gasteiger partial charge is 0.336 e. The van der Waals surface area contributed by atoms with E-state index in [0.717, 1.165) is 33.5 Å². The molecule has 1 saturated heterocycles. The molecule has 0 atom stereocenters. The zero-order valence-electron chi connectivity index (χ0n) is 13.9. The highest BCUT2D eigenvalue weighted by Crippen LogP contribution is 2.33. The molecule has 132 valence electrons. The number of carbonyl (C=O) groups excluding carboxylic acids is 3. The van der Waals surface area contributed by atoms with Gasteiger partial charge in [-0.1, -0.05) is 30.3 Å². The first-order chi connectivity index (χ1) is 12.6. The molecule has 2 aromatic rings. The summed E-state index contributed by atoms with van der Waals surface area (Å²) in [6.45, 7) is 0.933. The van der Waals surface area contributed by atoms with Crippen LogP contribution in [0.5, 0.6) is 0 Å². The van der Waals surface area contributed by atoms with Gasteiger partial charge in [-0.15, -0.1) is 11.3 Å². The zero-order chi connectivity index (χ0) is 18.1. The van der Waals surface area contributed by atoms with Gasteiger partial charge in [0.2, 0.25) is 5.91 Å². The first kappa shape index (κ1) is 17.1. The number of thiophene rings is 1. The Bertz CT molecular complexity index is 905. The van der Waals surface area contributed by atoms with Crippen LogP contribution in [0.2, 0.25) is 0 Å². The fourth-order valence-electron chi connectivity index (χ4n) is 3.08. The van der Waals surface area contributed by atoms with Crippen molar-refractivity contribution in [1.29, 1.82) is 0 Å². The summed E-state index contributed by atoms with van der Waals surface area (Å²) in [5.41, 5.74) is 2.38. The Hall–Kier alpha value is -2.38. The number of amides is 3. The minimum absolute atomic E-state index is 0.195. The second kappa shape index (κ2) is 7.09. The van der Waals surface area contributed by atoms with Crippen LogP contribution in [0.3, 0.4) is 0 Å². The summed E-state index contributed by atoms with van der Waals surface area (Å²) >= 11 is 2.39. The quantitative estimate of drug-likeness (QED) is 0.762. The number of fused-ring (bicyclic) bond motifs is 1. The molecule has 0 radical (unpaired) electrons. The summed E-state index contributed by atoms with van der Waals surface area (Å²) in [4.78, 5) is 41.4. The standard InChI is InChI=1S/C19H16N2O3S2/c22-17(20-8-7-13-4-1-2-5-14(13)11-20)12-21-18(23)16(26-19(21)24)10-15-6-3-9-25-15/h1-6,9-10H,7-8,11-12H2/b16-10-. The topological polar surface area (TPSA) is 57.7 Å². The molecule has 2 aliphatic rings. The van der Waals surface area contributed by atoms with Gasteiger partial charge in [0.1, 0.15) is 6.54 Å². The van der Waals surface area contributed by atoms with Crippen LogP contribution in [0.4, 0.5) is 4.79 Å². The lowest BCUT2D eigenvalue weighted by Gasteiger charge is -2.29. The zero-order valence-corrected chi connectivity index (χ0v) is 15.5. The van der Waals surface area contributed by atoms with Gasteiger partial charge in [0, 0.05) is 18.0 Å². The van der Waals surface area contributed by atoms with Crippen molar-refractivity contribution < 1.29 is 14.4 Å². The smallest absolute Gasteiger partial charge is 0.294 e. The molecule has 3 heterocycles. The Morgan fingerprint density at radius 3 is 2.69 bits per heavy atom. The van der Waals surface area contributed by atoms with Crippen molar-refractivity contribution in [2.24, 2.45) is 0 Å². The molecule has 0 spiro atoms. The van der Waals surface area contributed by atoms with Gasteiger partial charge in [-0.25, -0.2) is 0 Å². The summed E-state index contributed by atoms with van der Waals surface area (Å²) in [7, 11) is 0. The maximum absolute atomic E-state index is 12.6. The Balaban J connectivity index is 1.45. The van der Waals surface area contributed by atoms with Crippen LogP contribution in [0, 0.1) is 0 Å². The van der Waals surface area contributed by atoms with Gasteiger partial charge in [0.15, 0.2) is 0 Å². The summed E-state index contributed by atoms with van der Waals surface area (Å²) in [5, 5.41) is 1.52. The number of imide groups is 1. The maximum Gasteiger partial charge on any atom is 0.294 e. The number of thioether (sulfide) groups is 1. The van der Waals surface area contributed by atoms with Gasteiger partial charge >= 0.3 is 0 Å². The molecule has 4 rings (SSSR count). The lowest BCUT2D eigenvalue weighted by molar-refractivity contribution is -0.136. The summed E-state index contributed by atoms with van der Waals surface area (Å²) in [6, 6.07) is 11.8. The fraction of sp³-hybridized carbons (Fsp3) is 0.211. The van der Waals surface area contributed by atoms with Gasteiger partial charge in [0.25, 0.3) is 11.1 Å². The summed E-state index contributed by atoms with van der Waals surface area (Å²) < 4.78 is 0. The average molecular weight is 384 g/mol. The Kier molecular flexibility index (Phi) is 4.65. The maximum atomic E-state index is 12.6. The van der Waals surface area contributed by atoms with E-state index in [-0.39, 0.29) is 23.6 Å². The van der Waals surface area contributed by atoms with Crippen molar-refractivity contribution in [2.75, 3.05) is 13.1 Å². The molecule has 1 aromatic heterocycles. The predicted octanol–water partition coefficient (Wildman–Crippen LogP) is 3.37. The van der Waals surface area contributed by atoms with Crippen LogP contribution in [-0.4, -0.2) is 39.9 Å². The molecule has 5 nitrogen and oxygen atoms in total. The number of carbonyl (C=O) groups is 3. The van der Waals surface area contributed by atoms with Gasteiger partial charge in [-0.2, -0.15) is 0 Å². The molecule has 0 N–H and O–H groups in total. The summed E-state index contributed by atoms with van der Waals surface area (Å²) in [5.74, 6) is -0.585. The molecule has 0 unspecified atom stereocenters. The molecular formula is C19H16N2O3S2. The van der Waals surface area contributed by atoms with Crippen LogP contribution in [0.15, 0.2) is 46.7 Å². The fourth-order valence-corrected chi connectivity index (χ4v) is 4.64. The molecule has 1 aromatic carbocycles. The number of hydrogen-bond acceptors (Lipinski definition) is 5. The van der Waals surface area contributed by atoms with Crippen molar-refractivity contribution in [3.63, 3.8) is 0 Å². The normalized spacial score (nSPS) is 18.5. The van der Waals surface area contributed by atoms with Crippen molar-refractivity contribution >= 4 is 46.2 Å². The Morgan fingerprint density at radius 1 is 1.12 bits per heavy atom. The van der Waals surface area contributed by atoms with E-state index >= 15 is 0 Å². The first-order valence-corrected chi connectivity index (χ1v) is 9.95. The third-order valence-electron chi connectivity index (χ3n) is 4.47. The van der Waals surface area contributed by atoms with E-state index in [1.165, 1.54) is 16.9 Å². The lowest BCUT2D eigenvalue weighted by Crippen LogP contribution is -2.44.